The second-order valence-corrected chi connectivity index (χ2v) is 5.26. The molecule has 3 unspecified atom stereocenters. The summed E-state index contributed by atoms with van der Waals surface area (Å²) in [6.07, 6.45) is 5.63. The molecule has 5 heteroatoms. The van der Waals surface area contributed by atoms with E-state index in [-0.39, 0.29) is 5.15 Å². The minimum absolute atomic E-state index is 0.209. The first-order valence-electron chi connectivity index (χ1n) is 6.39. The number of nitrogens with zero attached hydrogens (tertiary/aromatic N) is 2. The van der Waals surface area contributed by atoms with Crippen LogP contribution >= 0.6 is 11.6 Å². The summed E-state index contributed by atoms with van der Waals surface area (Å²) in [5.74, 6) is 1.89. The first-order valence-corrected chi connectivity index (χ1v) is 6.77. The molecule has 0 spiro atoms. The third kappa shape index (κ3) is 2.48. The number of carbonyl (C=O) groups is 1. The molecule has 0 bridgehead atoms. The van der Waals surface area contributed by atoms with Crippen LogP contribution in [0.2, 0.25) is 5.15 Å². The summed E-state index contributed by atoms with van der Waals surface area (Å²) in [5, 5.41) is 3.56. The molecule has 1 heterocycles. The van der Waals surface area contributed by atoms with E-state index < -0.39 is 0 Å². The summed E-state index contributed by atoms with van der Waals surface area (Å²) >= 11 is 5.88. The fraction of sp³-hybridized carbons (Fsp3) is 0.615. The lowest BCUT2D eigenvalue weighted by Crippen LogP contribution is -2.26. The highest BCUT2D eigenvalue weighted by Gasteiger charge is 2.32. The van der Waals surface area contributed by atoms with Crippen molar-refractivity contribution >= 4 is 23.7 Å². The Morgan fingerprint density at radius 2 is 2.28 bits per heavy atom. The van der Waals surface area contributed by atoms with Crippen molar-refractivity contribution < 1.29 is 4.79 Å². The second-order valence-electron chi connectivity index (χ2n) is 4.90. The van der Waals surface area contributed by atoms with Crippen molar-refractivity contribution in [3.8, 4) is 0 Å². The molecular formula is C13H18ClN3O. The summed E-state index contributed by atoms with van der Waals surface area (Å²) in [7, 11) is 0. The van der Waals surface area contributed by atoms with E-state index in [1.165, 1.54) is 19.2 Å². The van der Waals surface area contributed by atoms with E-state index in [2.05, 4.69) is 29.1 Å². The Morgan fingerprint density at radius 1 is 1.50 bits per heavy atom. The van der Waals surface area contributed by atoms with Gasteiger partial charge in [0, 0.05) is 6.04 Å². The zero-order valence-corrected chi connectivity index (χ0v) is 11.4. The number of aromatic nitrogens is 2. The summed E-state index contributed by atoms with van der Waals surface area (Å²) in [6.45, 7) is 4.48. The predicted octanol–water partition coefficient (Wildman–Crippen LogP) is 3.18. The smallest absolute Gasteiger partial charge is 0.156 e. The van der Waals surface area contributed by atoms with E-state index in [1.54, 1.807) is 0 Å². The van der Waals surface area contributed by atoms with Gasteiger partial charge in [-0.2, -0.15) is 0 Å². The van der Waals surface area contributed by atoms with E-state index in [0.29, 0.717) is 29.6 Å². The second kappa shape index (κ2) is 5.65. The van der Waals surface area contributed by atoms with Crippen molar-refractivity contribution in [1.29, 1.82) is 0 Å². The van der Waals surface area contributed by atoms with Gasteiger partial charge in [0.1, 0.15) is 17.3 Å². The number of hydrogen-bond acceptors (Lipinski definition) is 4. The zero-order valence-electron chi connectivity index (χ0n) is 10.7. The maximum absolute atomic E-state index is 11.0. The van der Waals surface area contributed by atoms with Gasteiger partial charge >= 0.3 is 0 Å². The van der Waals surface area contributed by atoms with Crippen LogP contribution in [0.4, 0.5) is 5.82 Å². The van der Waals surface area contributed by atoms with Crippen LogP contribution in [0.25, 0.3) is 0 Å². The van der Waals surface area contributed by atoms with E-state index >= 15 is 0 Å². The van der Waals surface area contributed by atoms with Gasteiger partial charge < -0.3 is 5.32 Å². The minimum atomic E-state index is 0.209. The molecule has 2 rings (SSSR count). The maximum atomic E-state index is 11.0. The van der Waals surface area contributed by atoms with Crippen LogP contribution in [-0.2, 0) is 0 Å². The highest BCUT2D eigenvalue weighted by atomic mass is 35.5. The van der Waals surface area contributed by atoms with Gasteiger partial charge in [-0.1, -0.05) is 31.9 Å². The molecule has 0 radical (unpaired) electrons. The van der Waals surface area contributed by atoms with Crippen LogP contribution in [0, 0.1) is 11.8 Å². The standard InChI is InChI=1S/C13H18ClN3O/c1-3-9-4-5-11(8(9)2)17-13-10(6-18)12(14)15-7-16-13/h6-9,11H,3-5H2,1-2H3,(H,15,16,17). The van der Waals surface area contributed by atoms with Crippen LogP contribution in [0.15, 0.2) is 6.33 Å². The topological polar surface area (TPSA) is 54.9 Å². The Labute approximate surface area is 112 Å². The molecule has 18 heavy (non-hydrogen) atoms. The molecule has 1 fully saturated rings. The van der Waals surface area contributed by atoms with Gasteiger partial charge in [0.25, 0.3) is 0 Å². The summed E-state index contributed by atoms with van der Waals surface area (Å²) in [4.78, 5) is 19.0. The zero-order chi connectivity index (χ0) is 13.1. The first kappa shape index (κ1) is 13.3. The van der Waals surface area contributed by atoms with Crippen molar-refractivity contribution in [2.24, 2.45) is 11.8 Å². The van der Waals surface area contributed by atoms with E-state index in [1.807, 2.05) is 0 Å². The van der Waals surface area contributed by atoms with Gasteiger partial charge in [0.15, 0.2) is 6.29 Å². The molecule has 0 aromatic carbocycles. The molecule has 0 aliphatic heterocycles. The van der Waals surface area contributed by atoms with Crippen molar-refractivity contribution in [2.45, 2.75) is 39.2 Å². The van der Waals surface area contributed by atoms with Crippen LogP contribution in [0.1, 0.15) is 43.5 Å². The first-order chi connectivity index (χ1) is 8.67. The van der Waals surface area contributed by atoms with Crippen LogP contribution in [0.5, 0.6) is 0 Å². The summed E-state index contributed by atoms with van der Waals surface area (Å²) < 4.78 is 0. The molecule has 0 saturated heterocycles. The van der Waals surface area contributed by atoms with Crippen molar-refractivity contribution in [3.63, 3.8) is 0 Å². The minimum Gasteiger partial charge on any atom is -0.366 e. The molecule has 1 N–H and O–H groups in total. The van der Waals surface area contributed by atoms with Crippen LogP contribution < -0.4 is 5.32 Å². The highest BCUT2D eigenvalue weighted by molar-refractivity contribution is 6.32. The number of anilines is 1. The van der Waals surface area contributed by atoms with E-state index in [9.17, 15) is 4.79 Å². The average Bonchev–Trinajstić information content (AvgIpc) is 2.71. The lowest BCUT2D eigenvalue weighted by atomic mass is 9.93. The molecule has 3 atom stereocenters. The van der Waals surface area contributed by atoms with Crippen molar-refractivity contribution in [1.82, 2.24) is 9.97 Å². The van der Waals surface area contributed by atoms with Crippen molar-refractivity contribution in [2.75, 3.05) is 5.32 Å². The Morgan fingerprint density at radius 3 is 2.89 bits per heavy atom. The number of hydrogen-bond donors (Lipinski definition) is 1. The monoisotopic (exact) mass is 267 g/mol. The van der Waals surface area contributed by atoms with Gasteiger partial charge in [-0.3, -0.25) is 4.79 Å². The number of carbonyl (C=O) groups excluding carboxylic acids is 1. The Bertz CT molecular complexity index is 438. The molecular weight excluding hydrogens is 250 g/mol. The molecule has 1 aromatic rings. The Balaban J connectivity index is 2.15. The summed E-state index contributed by atoms with van der Waals surface area (Å²) in [5.41, 5.74) is 0.353. The SMILES string of the molecule is CCC1CCC(Nc2ncnc(Cl)c2C=O)C1C. The lowest BCUT2D eigenvalue weighted by Gasteiger charge is -2.22. The number of nitrogens with one attached hydrogen (secondary N) is 1. The molecule has 1 aromatic heterocycles. The molecule has 0 amide bonds. The molecule has 4 nitrogen and oxygen atoms in total. The molecule has 1 aliphatic carbocycles. The number of halogens is 1. The third-order valence-corrected chi connectivity index (χ3v) is 4.33. The normalized spacial score (nSPS) is 27.2. The van der Waals surface area contributed by atoms with Crippen LogP contribution in [0.3, 0.4) is 0 Å². The highest BCUT2D eigenvalue weighted by Crippen LogP contribution is 2.35. The van der Waals surface area contributed by atoms with Gasteiger partial charge in [-0.15, -0.1) is 0 Å². The van der Waals surface area contributed by atoms with Gasteiger partial charge in [-0.25, -0.2) is 9.97 Å². The van der Waals surface area contributed by atoms with Gasteiger partial charge in [0.2, 0.25) is 0 Å². The largest absolute Gasteiger partial charge is 0.366 e. The molecule has 1 aliphatic rings. The third-order valence-electron chi connectivity index (χ3n) is 4.03. The number of rotatable bonds is 4. The van der Waals surface area contributed by atoms with Gasteiger partial charge in [-0.05, 0) is 24.7 Å². The predicted molar refractivity (Wildman–Crippen MR) is 72.0 cm³/mol. The quantitative estimate of drug-likeness (QED) is 0.672. The van der Waals surface area contributed by atoms with Gasteiger partial charge in [0.05, 0.1) is 5.56 Å². The Hall–Kier alpha value is -1.16. The molecule has 1 saturated carbocycles. The maximum Gasteiger partial charge on any atom is 0.156 e. The fourth-order valence-electron chi connectivity index (χ4n) is 2.80. The lowest BCUT2D eigenvalue weighted by molar-refractivity contribution is 0.112. The fourth-order valence-corrected chi connectivity index (χ4v) is 2.97. The number of aldehydes is 1. The Kier molecular flexibility index (Phi) is 4.17. The molecule has 98 valence electrons. The average molecular weight is 268 g/mol. The van der Waals surface area contributed by atoms with E-state index in [0.717, 1.165) is 12.3 Å². The van der Waals surface area contributed by atoms with E-state index in [4.69, 9.17) is 11.6 Å². The summed E-state index contributed by atoms with van der Waals surface area (Å²) in [6, 6.07) is 0.361. The van der Waals surface area contributed by atoms with Crippen molar-refractivity contribution in [3.05, 3.63) is 17.0 Å². The van der Waals surface area contributed by atoms with Crippen LogP contribution in [-0.4, -0.2) is 22.3 Å².